The van der Waals surface area contributed by atoms with Gasteiger partial charge in [0.05, 0.1) is 12.8 Å². The van der Waals surface area contributed by atoms with Crippen molar-refractivity contribution in [3.8, 4) is 0 Å². The van der Waals surface area contributed by atoms with Gasteiger partial charge in [-0.1, -0.05) is 56.9 Å². The lowest BCUT2D eigenvalue weighted by Gasteiger charge is -2.12. The Bertz CT molecular complexity index is 1070. The van der Waals surface area contributed by atoms with Gasteiger partial charge in [-0.25, -0.2) is 9.13 Å². The zero-order valence-corrected chi connectivity index (χ0v) is 19.8. The number of furan rings is 1. The van der Waals surface area contributed by atoms with Gasteiger partial charge >= 0.3 is 0 Å². The smallest absolute Gasteiger partial charge is 0.254 e. The van der Waals surface area contributed by atoms with E-state index < -0.39 is 0 Å². The highest BCUT2D eigenvalue weighted by Gasteiger charge is 2.42. The number of rotatable bonds is 9. The minimum absolute atomic E-state index is 0. The summed E-state index contributed by atoms with van der Waals surface area (Å²) < 4.78 is 9.53. The minimum atomic E-state index is -0.0865. The highest BCUT2D eigenvalue weighted by atomic mass is 79.9. The van der Waals surface area contributed by atoms with Gasteiger partial charge in [-0.2, -0.15) is 0 Å². The first-order valence-corrected chi connectivity index (χ1v) is 11.0. The molecule has 2 aromatic heterocycles. The summed E-state index contributed by atoms with van der Waals surface area (Å²) in [5.41, 5.74) is 2.00. The van der Waals surface area contributed by atoms with Crippen molar-refractivity contribution in [2.45, 2.75) is 65.5 Å². The van der Waals surface area contributed by atoms with E-state index in [1.165, 1.54) is 25.7 Å². The molecule has 0 fully saturated rings. The molecule has 3 aromatic rings. The molecule has 1 aliphatic rings. The molecule has 1 aromatic carbocycles. The summed E-state index contributed by atoms with van der Waals surface area (Å²) in [7, 11) is 0. The first-order chi connectivity index (χ1) is 14.6. The third kappa shape index (κ3) is 4.45. The number of fused-ring (bicyclic) bond motifs is 2. The van der Waals surface area contributed by atoms with E-state index in [4.69, 9.17) is 4.42 Å². The van der Waals surface area contributed by atoms with Gasteiger partial charge in [0.2, 0.25) is 23.0 Å². The largest absolute Gasteiger partial charge is 1.00 e. The van der Waals surface area contributed by atoms with Gasteiger partial charge in [-0.05, 0) is 25.0 Å². The van der Waals surface area contributed by atoms with Gasteiger partial charge in [-0.15, -0.1) is 0 Å². The summed E-state index contributed by atoms with van der Waals surface area (Å²) >= 11 is 0. The number of imidazole rings is 1. The molecule has 0 radical (unpaired) electrons. The number of nitrogens with zero attached hydrogens (tertiary/aromatic N) is 2. The lowest BCUT2D eigenvalue weighted by Crippen LogP contribution is -3.00. The van der Waals surface area contributed by atoms with Crippen LogP contribution in [0.1, 0.15) is 89.1 Å². The van der Waals surface area contributed by atoms with Crippen molar-refractivity contribution in [3.05, 3.63) is 76.8 Å². The van der Waals surface area contributed by atoms with E-state index in [1.807, 2.05) is 40.3 Å². The van der Waals surface area contributed by atoms with Crippen molar-refractivity contribution in [3.63, 3.8) is 0 Å². The van der Waals surface area contributed by atoms with Gasteiger partial charge in [0.25, 0.3) is 5.82 Å². The number of unbranched alkanes of at least 4 members (excludes halogenated alkanes) is 5. The average Bonchev–Trinajstić information content (AvgIpc) is 3.36. The summed E-state index contributed by atoms with van der Waals surface area (Å²) in [6, 6.07) is 10.9. The predicted molar refractivity (Wildman–Crippen MR) is 114 cm³/mol. The molecule has 0 aliphatic heterocycles. The van der Waals surface area contributed by atoms with Gasteiger partial charge in [0, 0.05) is 18.1 Å². The van der Waals surface area contributed by atoms with Gasteiger partial charge in [0.1, 0.15) is 12.3 Å². The monoisotopic (exact) mass is 484 g/mol. The summed E-state index contributed by atoms with van der Waals surface area (Å²) in [5, 5.41) is 0. The van der Waals surface area contributed by atoms with Crippen molar-refractivity contribution in [1.82, 2.24) is 4.57 Å². The van der Waals surface area contributed by atoms with Crippen LogP contribution in [0.2, 0.25) is 0 Å². The molecule has 6 heteroatoms. The Morgan fingerprint density at radius 2 is 1.58 bits per heavy atom. The van der Waals surface area contributed by atoms with E-state index in [-0.39, 0.29) is 28.5 Å². The lowest BCUT2D eigenvalue weighted by atomic mass is 9.90. The molecule has 0 saturated heterocycles. The van der Waals surface area contributed by atoms with Crippen LogP contribution in [-0.4, -0.2) is 16.1 Å². The Balaban J connectivity index is 0.00000272. The van der Waals surface area contributed by atoms with Gasteiger partial charge < -0.3 is 21.4 Å². The van der Waals surface area contributed by atoms with E-state index in [2.05, 4.69) is 6.92 Å². The van der Waals surface area contributed by atoms with E-state index in [0.29, 0.717) is 29.1 Å². The zero-order chi connectivity index (χ0) is 21.1. The van der Waals surface area contributed by atoms with Crippen LogP contribution in [0.5, 0.6) is 0 Å². The van der Waals surface area contributed by atoms with Crippen molar-refractivity contribution < 1.29 is 35.6 Å². The van der Waals surface area contributed by atoms with E-state index >= 15 is 0 Å². The third-order valence-corrected chi connectivity index (χ3v) is 6.02. The average molecular weight is 485 g/mol. The molecule has 2 heterocycles. The number of hydrogen-bond acceptors (Lipinski definition) is 3. The number of benzene rings is 1. The van der Waals surface area contributed by atoms with Crippen LogP contribution < -0.4 is 21.5 Å². The Labute approximate surface area is 193 Å². The van der Waals surface area contributed by atoms with E-state index in [1.54, 1.807) is 18.4 Å². The SMILES string of the molecule is CCCCCCCCn1c2c([n+](Cc3ccco3)c1C)C(=O)c1ccccc1C2=O.[Br-]. The summed E-state index contributed by atoms with van der Waals surface area (Å²) in [5.74, 6) is 1.53. The number of carbonyl (C=O) groups excluding carboxylic acids is 2. The second-order valence-electron chi connectivity index (χ2n) is 8.03. The fraction of sp³-hybridized carbons (Fsp3) is 0.400. The highest BCUT2D eigenvalue weighted by Crippen LogP contribution is 2.27. The first-order valence-electron chi connectivity index (χ1n) is 11.0. The fourth-order valence-corrected chi connectivity index (χ4v) is 4.40. The molecule has 1 aliphatic carbocycles. The molecule has 31 heavy (non-hydrogen) atoms. The number of carbonyl (C=O) groups is 2. The molecule has 0 N–H and O–H groups in total. The number of hydrogen-bond donors (Lipinski definition) is 0. The lowest BCUT2D eigenvalue weighted by molar-refractivity contribution is -0.697. The Kier molecular flexibility index (Phi) is 7.65. The van der Waals surface area contributed by atoms with Crippen LogP contribution in [0.4, 0.5) is 0 Å². The normalized spacial score (nSPS) is 12.5. The maximum Gasteiger partial charge on any atom is 0.254 e. The molecule has 0 bridgehead atoms. The topological polar surface area (TPSA) is 56.1 Å². The molecule has 0 spiro atoms. The molecule has 5 nitrogen and oxygen atoms in total. The molecule has 4 rings (SSSR count). The van der Waals surface area contributed by atoms with E-state index in [9.17, 15) is 9.59 Å². The second kappa shape index (κ2) is 10.2. The van der Waals surface area contributed by atoms with Crippen molar-refractivity contribution in [1.29, 1.82) is 0 Å². The Hall–Kier alpha value is -2.47. The standard InChI is InChI=1S/C25H29N2O3.BrH/c1-3-4-5-6-7-10-15-26-18(2)27(17-19-12-11-16-30-19)23-22(26)24(28)20-13-8-9-14-21(20)25(23)29;/h8-9,11-14,16H,3-7,10,15,17H2,1-2H3;1H/q+1;/p-1. The first kappa shape index (κ1) is 23.2. The molecule has 0 unspecified atom stereocenters. The third-order valence-electron chi connectivity index (χ3n) is 6.02. The van der Waals surface area contributed by atoms with Gasteiger partial charge in [-0.3, -0.25) is 9.59 Å². The Morgan fingerprint density at radius 1 is 0.903 bits per heavy atom. The molecular formula is C25H29BrN2O3. The molecule has 164 valence electrons. The summed E-state index contributed by atoms with van der Waals surface area (Å²) in [6.07, 6.45) is 8.71. The summed E-state index contributed by atoms with van der Waals surface area (Å²) in [6.45, 7) is 5.38. The van der Waals surface area contributed by atoms with E-state index in [0.717, 1.165) is 31.0 Å². The molecule has 0 saturated carbocycles. The number of ketones is 2. The van der Waals surface area contributed by atoms with Crippen LogP contribution in [0.25, 0.3) is 0 Å². The van der Waals surface area contributed by atoms with Crippen molar-refractivity contribution in [2.75, 3.05) is 0 Å². The fourth-order valence-electron chi connectivity index (χ4n) is 4.40. The van der Waals surface area contributed by atoms with Crippen LogP contribution >= 0.6 is 0 Å². The van der Waals surface area contributed by atoms with Crippen LogP contribution in [-0.2, 0) is 13.1 Å². The number of aromatic nitrogens is 2. The minimum Gasteiger partial charge on any atom is -1.00 e. The van der Waals surface area contributed by atoms with Gasteiger partial charge in [0.15, 0.2) is 0 Å². The Morgan fingerprint density at radius 3 is 2.26 bits per heavy atom. The van der Waals surface area contributed by atoms with Crippen LogP contribution in [0.15, 0.2) is 47.1 Å². The zero-order valence-electron chi connectivity index (χ0n) is 18.2. The second-order valence-corrected chi connectivity index (χ2v) is 8.03. The highest BCUT2D eigenvalue weighted by molar-refractivity contribution is 6.26. The maximum absolute atomic E-state index is 13.4. The summed E-state index contributed by atoms with van der Waals surface area (Å²) in [4.78, 5) is 26.8. The van der Waals surface area contributed by atoms with Crippen molar-refractivity contribution in [2.24, 2.45) is 0 Å². The van der Waals surface area contributed by atoms with Crippen molar-refractivity contribution >= 4 is 11.6 Å². The van der Waals surface area contributed by atoms with Crippen LogP contribution in [0.3, 0.4) is 0 Å². The molecule has 0 amide bonds. The molecular weight excluding hydrogens is 456 g/mol. The predicted octanol–water partition coefficient (Wildman–Crippen LogP) is 1.87. The van der Waals surface area contributed by atoms with Crippen LogP contribution in [0, 0.1) is 6.92 Å². The quantitative estimate of drug-likeness (QED) is 0.269. The number of halogens is 1. The maximum atomic E-state index is 13.4. The molecule has 0 atom stereocenters.